The summed E-state index contributed by atoms with van der Waals surface area (Å²) in [7, 11) is 1.68. The molecule has 2 aromatic rings. The lowest BCUT2D eigenvalue weighted by atomic mass is 10.0. The number of benzene rings is 2. The minimum atomic E-state index is -0.276. The van der Waals surface area contributed by atoms with Gasteiger partial charge in [0.05, 0.1) is 13.2 Å². The van der Waals surface area contributed by atoms with Gasteiger partial charge in [-0.05, 0) is 47.9 Å². The zero-order valence-electron chi connectivity index (χ0n) is 12.4. The number of hydrogen-bond acceptors (Lipinski definition) is 3. The maximum absolute atomic E-state index is 9.61. The normalized spacial score (nSPS) is 14.2. The molecule has 2 N–H and O–H groups in total. The first-order chi connectivity index (χ1) is 9.63. The Labute approximate surface area is 120 Å². The lowest BCUT2D eigenvalue weighted by molar-refractivity contribution is 0.164. The molecule has 0 bridgehead atoms. The van der Waals surface area contributed by atoms with Gasteiger partial charge in [-0.25, -0.2) is 0 Å². The zero-order chi connectivity index (χ0) is 14.5. The van der Waals surface area contributed by atoms with Gasteiger partial charge in [0.1, 0.15) is 5.75 Å². The van der Waals surface area contributed by atoms with E-state index in [1.807, 2.05) is 19.1 Å². The molecule has 20 heavy (non-hydrogen) atoms. The van der Waals surface area contributed by atoms with E-state index in [2.05, 4.69) is 36.5 Å². The van der Waals surface area contributed by atoms with Crippen LogP contribution >= 0.6 is 0 Å². The second-order valence-electron chi connectivity index (χ2n) is 5.16. The highest BCUT2D eigenvalue weighted by Gasteiger charge is 2.08. The van der Waals surface area contributed by atoms with Gasteiger partial charge in [0.15, 0.2) is 0 Å². The lowest BCUT2D eigenvalue weighted by Crippen LogP contribution is -2.28. The molecule has 108 valence electrons. The van der Waals surface area contributed by atoms with Gasteiger partial charge in [0.25, 0.3) is 0 Å². The van der Waals surface area contributed by atoms with E-state index in [-0.39, 0.29) is 12.1 Å². The van der Waals surface area contributed by atoms with Crippen molar-refractivity contribution in [1.82, 2.24) is 5.32 Å². The standard InChI is InChI=1S/C17H23NO2/c1-4-16(19)11-18-12(2)13-5-6-15-10-17(20-3)8-7-14(15)9-13/h5-10,12,16,18-19H,4,11H2,1-3H3. The number of hydrogen-bond donors (Lipinski definition) is 2. The highest BCUT2D eigenvalue weighted by Crippen LogP contribution is 2.24. The molecule has 0 aliphatic carbocycles. The van der Waals surface area contributed by atoms with Gasteiger partial charge in [0.2, 0.25) is 0 Å². The van der Waals surface area contributed by atoms with Crippen molar-refractivity contribution in [2.24, 2.45) is 0 Å². The van der Waals surface area contributed by atoms with Crippen molar-refractivity contribution in [3.8, 4) is 5.75 Å². The topological polar surface area (TPSA) is 41.5 Å². The number of rotatable bonds is 6. The minimum Gasteiger partial charge on any atom is -0.497 e. The van der Waals surface area contributed by atoms with Crippen molar-refractivity contribution >= 4 is 10.8 Å². The van der Waals surface area contributed by atoms with Gasteiger partial charge in [-0.15, -0.1) is 0 Å². The number of ether oxygens (including phenoxy) is 1. The molecular formula is C17H23NO2. The average Bonchev–Trinajstić information content (AvgIpc) is 2.50. The molecule has 0 heterocycles. The lowest BCUT2D eigenvalue weighted by Gasteiger charge is -2.17. The summed E-state index contributed by atoms with van der Waals surface area (Å²) in [4.78, 5) is 0. The van der Waals surface area contributed by atoms with E-state index in [1.54, 1.807) is 7.11 Å². The van der Waals surface area contributed by atoms with E-state index < -0.39 is 0 Å². The first kappa shape index (κ1) is 14.8. The molecule has 2 aromatic carbocycles. The van der Waals surface area contributed by atoms with E-state index in [0.717, 1.165) is 12.2 Å². The number of aliphatic hydroxyl groups is 1. The summed E-state index contributed by atoms with van der Waals surface area (Å²) in [5.41, 5.74) is 1.23. The predicted molar refractivity (Wildman–Crippen MR) is 83.2 cm³/mol. The quantitative estimate of drug-likeness (QED) is 0.848. The maximum atomic E-state index is 9.61. The Hall–Kier alpha value is -1.58. The van der Waals surface area contributed by atoms with E-state index in [1.165, 1.54) is 16.3 Å². The summed E-state index contributed by atoms with van der Waals surface area (Å²) in [5, 5.41) is 15.3. The molecule has 0 amide bonds. The van der Waals surface area contributed by atoms with Crippen LogP contribution in [0.2, 0.25) is 0 Å². The Kier molecular flexibility index (Phi) is 4.99. The summed E-state index contributed by atoms with van der Waals surface area (Å²) >= 11 is 0. The van der Waals surface area contributed by atoms with Crippen LogP contribution in [-0.2, 0) is 0 Å². The Morgan fingerprint density at radius 1 is 1.15 bits per heavy atom. The van der Waals surface area contributed by atoms with Crippen molar-refractivity contribution in [1.29, 1.82) is 0 Å². The van der Waals surface area contributed by atoms with Crippen LogP contribution in [0, 0.1) is 0 Å². The van der Waals surface area contributed by atoms with E-state index in [9.17, 15) is 5.11 Å². The van der Waals surface area contributed by atoms with Crippen LogP contribution in [0.5, 0.6) is 5.75 Å². The zero-order valence-corrected chi connectivity index (χ0v) is 12.4. The maximum Gasteiger partial charge on any atom is 0.119 e. The molecular weight excluding hydrogens is 250 g/mol. The number of methoxy groups -OCH3 is 1. The average molecular weight is 273 g/mol. The molecule has 0 fully saturated rings. The third kappa shape index (κ3) is 3.50. The molecule has 2 rings (SSSR count). The van der Waals surface area contributed by atoms with Crippen molar-refractivity contribution in [3.63, 3.8) is 0 Å². The van der Waals surface area contributed by atoms with Crippen LogP contribution < -0.4 is 10.1 Å². The molecule has 0 aliphatic heterocycles. The highest BCUT2D eigenvalue weighted by molar-refractivity contribution is 5.84. The fourth-order valence-electron chi connectivity index (χ4n) is 2.21. The Balaban J connectivity index is 2.14. The fraction of sp³-hybridized carbons (Fsp3) is 0.412. The van der Waals surface area contributed by atoms with Crippen molar-refractivity contribution in [3.05, 3.63) is 42.0 Å². The third-order valence-electron chi connectivity index (χ3n) is 3.70. The molecule has 0 saturated carbocycles. The number of aliphatic hydroxyl groups excluding tert-OH is 1. The van der Waals surface area contributed by atoms with Gasteiger partial charge in [-0.3, -0.25) is 0 Å². The monoisotopic (exact) mass is 273 g/mol. The second-order valence-corrected chi connectivity index (χ2v) is 5.16. The SMILES string of the molecule is CCC(O)CNC(C)c1ccc2cc(OC)ccc2c1. The molecule has 0 aliphatic rings. The molecule has 3 heteroatoms. The van der Waals surface area contributed by atoms with Gasteiger partial charge >= 0.3 is 0 Å². The van der Waals surface area contributed by atoms with Gasteiger partial charge in [-0.1, -0.05) is 25.1 Å². The summed E-state index contributed by atoms with van der Waals surface area (Å²) in [6, 6.07) is 12.7. The molecule has 3 nitrogen and oxygen atoms in total. The minimum absolute atomic E-state index is 0.225. The van der Waals surface area contributed by atoms with Crippen LogP contribution in [0.1, 0.15) is 31.9 Å². The number of nitrogens with one attached hydrogen (secondary N) is 1. The van der Waals surface area contributed by atoms with Crippen molar-refractivity contribution < 1.29 is 9.84 Å². The summed E-state index contributed by atoms with van der Waals surface area (Å²) in [6.07, 6.45) is 0.499. The fourth-order valence-corrected chi connectivity index (χ4v) is 2.21. The number of fused-ring (bicyclic) bond motifs is 1. The Bertz CT molecular complexity index is 568. The summed E-state index contributed by atoms with van der Waals surface area (Å²) < 4.78 is 5.24. The van der Waals surface area contributed by atoms with Crippen molar-refractivity contribution in [2.75, 3.05) is 13.7 Å². The second kappa shape index (κ2) is 6.73. The smallest absolute Gasteiger partial charge is 0.119 e. The molecule has 2 unspecified atom stereocenters. The van der Waals surface area contributed by atoms with Crippen LogP contribution in [0.25, 0.3) is 10.8 Å². The van der Waals surface area contributed by atoms with Crippen molar-refractivity contribution in [2.45, 2.75) is 32.4 Å². The van der Waals surface area contributed by atoms with Gasteiger partial charge in [0, 0.05) is 12.6 Å². The van der Waals surface area contributed by atoms with Gasteiger partial charge in [-0.2, -0.15) is 0 Å². The predicted octanol–water partition coefficient (Wildman–Crippen LogP) is 3.27. The summed E-state index contributed by atoms with van der Waals surface area (Å²) in [6.45, 7) is 4.73. The van der Waals surface area contributed by atoms with Crippen LogP contribution in [0.4, 0.5) is 0 Å². The molecule has 0 spiro atoms. The molecule has 2 atom stereocenters. The Morgan fingerprint density at radius 2 is 1.85 bits per heavy atom. The summed E-state index contributed by atoms with van der Waals surface area (Å²) in [5.74, 6) is 0.877. The highest BCUT2D eigenvalue weighted by atomic mass is 16.5. The van der Waals surface area contributed by atoms with Crippen LogP contribution in [-0.4, -0.2) is 24.9 Å². The third-order valence-corrected chi connectivity index (χ3v) is 3.70. The largest absolute Gasteiger partial charge is 0.497 e. The van der Waals surface area contributed by atoms with E-state index in [4.69, 9.17) is 4.74 Å². The molecule has 0 radical (unpaired) electrons. The van der Waals surface area contributed by atoms with Gasteiger partial charge < -0.3 is 15.2 Å². The van der Waals surface area contributed by atoms with Crippen LogP contribution in [0.3, 0.4) is 0 Å². The first-order valence-corrected chi connectivity index (χ1v) is 7.13. The van der Waals surface area contributed by atoms with E-state index in [0.29, 0.717) is 6.54 Å². The first-order valence-electron chi connectivity index (χ1n) is 7.13. The van der Waals surface area contributed by atoms with E-state index >= 15 is 0 Å². The Morgan fingerprint density at radius 3 is 2.55 bits per heavy atom. The van der Waals surface area contributed by atoms with Crippen LogP contribution in [0.15, 0.2) is 36.4 Å². The molecule has 0 saturated heterocycles. The molecule has 0 aromatic heterocycles.